The minimum atomic E-state index is 0.422. The van der Waals surface area contributed by atoms with Crippen molar-refractivity contribution in [2.45, 2.75) is 12.5 Å². The third-order valence-corrected chi connectivity index (χ3v) is 2.07. The molecule has 2 heteroatoms. The molecule has 1 saturated heterocycles. The first-order chi connectivity index (χ1) is 4.88. The van der Waals surface area contributed by atoms with Crippen LogP contribution in [-0.4, -0.2) is 26.2 Å². The predicted octanol–water partition coefficient (Wildman–Crippen LogP) is -0.183. The minimum Gasteiger partial charge on any atom is -0.315 e. The lowest BCUT2D eigenvalue weighted by Gasteiger charge is -2.28. The van der Waals surface area contributed by atoms with Gasteiger partial charge in [-0.3, -0.25) is 0 Å². The molecule has 0 bridgehead atoms. The topological polar surface area (TPSA) is 24.1 Å². The quantitative estimate of drug-likeness (QED) is 0.491. The van der Waals surface area contributed by atoms with E-state index in [-0.39, 0.29) is 0 Å². The molecule has 0 aromatic heterocycles. The molecule has 1 aliphatic heterocycles. The Bertz CT molecular complexity index is 137. The largest absolute Gasteiger partial charge is 0.315 e. The molecule has 1 rings (SSSR count). The average Bonchev–Trinajstić information content (AvgIpc) is 2.04. The van der Waals surface area contributed by atoms with Gasteiger partial charge in [0.15, 0.2) is 0 Å². The monoisotopic (exact) mass is 138 g/mol. The number of nitrogens with one attached hydrogen (secondary N) is 2. The zero-order chi connectivity index (χ0) is 7.40. The molecule has 1 heterocycles. The lowest BCUT2D eigenvalue weighted by molar-refractivity contribution is 0.348. The van der Waals surface area contributed by atoms with E-state index in [0.29, 0.717) is 12.0 Å². The summed E-state index contributed by atoms with van der Waals surface area (Å²) in [5.74, 6) is 3.22. The Morgan fingerprint density at radius 2 is 2.50 bits per heavy atom. The van der Waals surface area contributed by atoms with E-state index < -0.39 is 0 Å². The number of hydrogen-bond donors (Lipinski definition) is 2. The summed E-state index contributed by atoms with van der Waals surface area (Å²) in [5.41, 5.74) is 0. The standard InChI is InChI=1S/C8H14N2/c1-3-7-4-5-10-6-8(7)9-2/h1,7-10H,4-6H2,2H3/t7-,8+/m1/s1. The molecule has 56 valence electrons. The van der Waals surface area contributed by atoms with Crippen molar-refractivity contribution in [3.8, 4) is 12.3 Å². The van der Waals surface area contributed by atoms with Crippen LogP contribution in [0.4, 0.5) is 0 Å². The van der Waals surface area contributed by atoms with E-state index in [9.17, 15) is 0 Å². The molecule has 0 saturated carbocycles. The van der Waals surface area contributed by atoms with Crippen molar-refractivity contribution in [2.24, 2.45) is 5.92 Å². The van der Waals surface area contributed by atoms with Gasteiger partial charge >= 0.3 is 0 Å². The highest BCUT2D eigenvalue weighted by Crippen LogP contribution is 2.09. The number of piperidine rings is 1. The molecule has 2 nitrogen and oxygen atoms in total. The summed E-state index contributed by atoms with van der Waals surface area (Å²) < 4.78 is 0. The summed E-state index contributed by atoms with van der Waals surface area (Å²) in [6, 6.07) is 0.471. The smallest absolute Gasteiger partial charge is 0.0378 e. The summed E-state index contributed by atoms with van der Waals surface area (Å²) in [7, 11) is 1.96. The molecule has 0 amide bonds. The molecule has 0 unspecified atom stereocenters. The van der Waals surface area contributed by atoms with E-state index in [1.165, 1.54) is 0 Å². The normalized spacial score (nSPS) is 33.2. The number of likely N-dealkylation sites (N-methyl/N-ethyl adjacent to an activating group) is 1. The molecule has 2 N–H and O–H groups in total. The molecule has 0 aliphatic carbocycles. The molecule has 0 aromatic carbocycles. The SMILES string of the molecule is C#C[C@@H]1CCNC[C@@H]1NC. The van der Waals surface area contributed by atoms with Crippen LogP contribution in [0.5, 0.6) is 0 Å². The van der Waals surface area contributed by atoms with Crippen molar-refractivity contribution in [1.82, 2.24) is 10.6 Å². The summed E-state index contributed by atoms with van der Waals surface area (Å²) in [4.78, 5) is 0. The van der Waals surface area contributed by atoms with E-state index in [1.54, 1.807) is 0 Å². The second-order valence-electron chi connectivity index (χ2n) is 2.66. The summed E-state index contributed by atoms with van der Waals surface area (Å²) in [6.07, 6.45) is 6.45. The third kappa shape index (κ3) is 1.50. The van der Waals surface area contributed by atoms with Crippen LogP contribution in [0.2, 0.25) is 0 Å². The molecule has 0 spiro atoms. The summed E-state index contributed by atoms with van der Waals surface area (Å²) in [5, 5.41) is 6.49. The first-order valence-electron chi connectivity index (χ1n) is 3.72. The van der Waals surface area contributed by atoms with Gasteiger partial charge in [0.05, 0.1) is 0 Å². The van der Waals surface area contributed by atoms with Gasteiger partial charge in [-0.25, -0.2) is 0 Å². The van der Waals surface area contributed by atoms with Crippen LogP contribution >= 0.6 is 0 Å². The zero-order valence-electron chi connectivity index (χ0n) is 6.35. The fourth-order valence-corrected chi connectivity index (χ4v) is 1.36. The van der Waals surface area contributed by atoms with Gasteiger partial charge in [-0.2, -0.15) is 0 Å². The van der Waals surface area contributed by atoms with Crippen LogP contribution in [0.3, 0.4) is 0 Å². The van der Waals surface area contributed by atoms with Crippen molar-refractivity contribution in [3.05, 3.63) is 0 Å². The maximum Gasteiger partial charge on any atom is 0.0378 e. The lowest BCUT2D eigenvalue weighted by atomic mass is 9.94. The fraction of sp³-hybridized carbons (Fsp3) is 0.750. The third-order valence-electron chi connectivity index (χ3n) is 2.07. The van der Waals surface area contributed by atoms with Crippen molar-refractivity contribution in [3.63, 3.8) is 0 Å². The molecule has 0 radical (unpaired) electrons. The Morgan fingerprint density at radius 3 is 3.00 bits per heavy atom. The molecular weight excluding hydrogens is 124 g/mol. The van der Waals surface area contributed by atoms with Crippen LogP contribution in [0, 0.1) is 18.3 Å². The van der Waals surface area contributed by atoms with Gasteiger partial charge in [0, 0.05) is 18.5 Å². The number of hydrogen-bond acceptors (Lipinski definition) is 2. The Kier molecular flexibility index (Phi) is 2.73. The molecule has 10 heavy (non-hydrogen) atoms. The van der Waals surface area contributed by atoms with E-state index in [0.717, 1.165) is 19.5 Å². The summed E-state index contributed by atoms with van der Waals surface area (Å²) in [6.45, 7) is 2.07. The van der Waals surface area contributed by atoms with Crippen LogP contribution in [0.15, 0.2) is 0 Å². The zero-order valence-corrected chi connectivity index (χ0v) is 6.35. The highest BCUT2D eigenvalue weighted by molar-refractivity contribution is 5.01. The molecule has 0 aromatic rings. The highest BCUT2D eigenvalue weighted by atomic mass is 15.0. The first kappa shape index (κ1) is 7.59. The van der Waals surface area contributed by atoms with Crippen molar-refractivity contribution >= 4 is 0 Å². The Balaban J connectivity index is 2.44. The van der Waals surface area contributed by atoms with Crippen LogP contribution in [0.1, 0.15) is 6.42 Å². The summed E-state index contributed by atoms with van der Waals surface area (Å²) >= 11 is 0. The van der Waals surface area contributed by atoms with E-state index in [2.05, 4.69) is 16.6 Å². The van der Waals surface area contributed by atoms with Gasteiger partial charge in [-0.15, -0.1) is 12.3 Å². The maximum absolute atomic E-state index is 5.35. The van der Waals surface area contributed by atoms with E-state index in [4.69, 9.17) is 6.42 Å². The van der Waals surface area contributed by atoms with Crippen LogP contribution in [0.25, 0.3) is 0 Å². The van der Waals surface area contributed by atoms with Gasteiger partial charge < -0.3 is 10.6 Å². The van der Waals surface area contributed by atoms with Gasteiger partial charge in [-0.1, -0.05) is 0 Å². The second kappa shape index (κ2) is 3.60. The van der Waals surface area contributed by atoms with Gasteiger partial charge in [0.25, 0.3) is 0 Å². The Morgan fingerprint density at radius 1 is 1.70 bits per heavy atom. The Hall–Kier alpha value is -0.520. The van der Waals surface area contributed by atoms with E-state index >= 15 is 0 Å². The average molecular weight is 138 g/mol. The van der Waals surface area contributed by atoms with Gasteiger partial charge in [0.1, 0.15) is 0 Å². The van der Waals surface area contributed by atoms with Crippen molar-refractivity contribution in [1.29, 1.82) is 0 Å². The molecule has 1 aliphatic rings. The van der Waals surface area contributed by atoms with Gasteiger partial charge in [0.2, 0.25) is 0 Å². The van der Waals surface area contributed by atoms with Crippen LogP contribution in [-0.2, 0) is 0 Å². The molecular formula is C8H14N2. The van der Waals surface area contributed by atoms with Gasteiger partial charge in [-0.05, 0) is 20.0 Å². The van der Waals surface area contributed by atoms with Crippen molar-refractivity contribution in [2.75, 3.05) is 20.1 Å². The lowest BCUT2D eigenvalue weighted by Crippen LogP contribution is -2.47. The fourth-order valence-electron chi connectivity index (χ4n) is 1.36. The molecule has 1 fully saturated rings. The predicted molar refractivity (Wildman–Crippen MR) is 42.7 cm³/mol. The first-order valence-corrected chi connectivity index (χ1v) is 3.72. The second-order valence-corrected chi connectivity index (χ2v) is 2.66. The minimum absolute atomic E-state index is 0.422. The van der Waals surface area contributed by atoms with Crippen molar-refractivity contribution < 1.29 is 0 Å². The van der Waals surface area contributed by atoms with Crippen LogP contribution < -0.4 is 10.6 Å². The van der Waals surface area contributed by atoms with E-state index in [1.807, 2.05) is 7.05 Å². The maximum atomic E-state index is 5.35. The molecule has 2 atom stereocenters. The highest BCUT2D eigenvalue weighted by Gasteiger charge is 2.20. The Labute approximate surface area is 62.4 Å². The number of terminal acetylenes is 1. The number of rotatable bonds is 1.